The average molecular weight is 658 g/mol. The van der Waals surface area contributed by atoms with Crippen molar-refractivity contribution in [2.45, 2.75) is 0 Å². The number of thiophene rings is 1. The Hall–Kier alpha value is -6.36. The first-order valence-corrected chi connectivity index (χ1v) is 17.6. The third-order valence-corrected chi connectivity index (χ3v) is 11.2. The van der Waals surface area contributed by atoms with Crippen molar-refractivity contribution in [3.63, 3.8) is 0 Å². The fraction of sp³-hybridized carbons (Fsp3) is 0. The van der Waals surface area contributed by atoms with E-state index in [1.807, 2.05) is 17.4 Å². The summed E-state index contributed by atoms with van der Waals surface area (Å²) < 4.78 is 15.5. The van der Waals surface area contributed by atoms with E-state index in [0.717, 1.165) is 60.9 Å². The van der Waals surface area contributed by atoms with E-state index in [1.165, 1.54) is 42.1 Å². The summed E-state index contributed by atoms with van der Waals surface area (Å²) in [5.74, 6) is 0. The van der Waals surface area contributed by atoms with Crippen LogP contribution in [0.25, 0.3) is 85.9 Å². The summed E-state index contributed by atoms with van der Waals surface area (Å²) in [5.41, 5.74) is 9.24. The summed E-state index contributed by atoms with van der Waals surface area (Å²) in [6, 6.07) is 58.2. The third kappa shape index (κ3) is 4.09. The zero-order valence-electron chi connectivity index (χ0n) is 26.8. The number of nitrogens with zero attached hydrogens (tertiary/aromatic N) is 1. The fourth-order valence-electron chi connectivity index (χ4n) is 7.68. The van der Waals surface area contributed by atoms with Gasteiger partial charge in [0, 0.05) is 70.4 Å². The quantitative estimate of drug-likeness (QED) is 0.189. The molecule has 3 aromatic heterocycles. The van der Waals surface area contributed by atoms with Gasteiger partial charge < -0.3 is 13.7 Å². The summed E-state index contributed by atoms with van der Waals surface area (Å²) >= 11 is 1.83. The molecule has 0 saturated carbocycles. The van der Waals surface area contributed by atoms with Crippen LogP contribution in [0.5, 0.6) is 0 Å². The summed E-state index contributed by atoms with van der Waals surface area (Å²) in [7, 11) is 0. The monoisotopic (exact) mass is 657 g/mol. The molecule has 0 fully saturated rings. The second-order valence-corrected chi connectivity index (χ2v) is 13.9. The van der Waals surface area contributed by atoms with Crippen LogP contribution in [-0.4, -0.2) is 0 Å². The molecule has 0 atom stereocenters. The first kappa shape index (κ1) is 27.6. The van der Waals surface area contributed by atoms with Gasteiger partial charge in [-0.15, -0.1) is 11.3 Å². The van der Waals surface area contributed by atoms with Crippen LogP contribution in [0.15, 0.2) is 173 Å². The van der Waals surface area contributed by atoms with Crippen molar-refractivity contribution in [3.8, 4) is 11.1 Å². The topological polar surface area (TPSA) is 29.5 Å². The van der Waals surface area contributed by atoms with E-state index >= 15 is 0 Å². The third-order valence-electron chi connectivity index (χ3n) is 10.0. The van der Waals surface area contributed by atoms with Crippen molar-refractivity contribution >= 4 is 103 Å². The molecule has 0 saturated heterocycles. The number of hydrogen-bond donors (Lipinski definition) is 0. The van der Waals surface area contributed by atoms with Crippen LogP contribution in [-0.2, 0) is 0 Å². The molecular formula is C46H27NO2S. The molecule has 11 aromatic rings. The van der Waals surface area contributed by atoms with Crippen LogP contribution in [0.3, 0.4) is 0 Å². The lowest BCUT2D eigenvalue weighted by Crippen LogP contribution is -2.09. The molecule has 8 aromatic carbocycles. The van der Waals surface area contributed by atoms with Crippen LogP contribution < -0.4 is 4.90 Å². The number of benzene rings is 8. The Kier molecular flexibility index (Phi) is 5.83. The lowest BCUT2D eigenvalue weighted by Gasteiger charge is -2.25. The van der Waals surface area contributed by atoms with Crippen LogP contribution in [0.1, 0.15) is 0 Å². The van der Waals surface area contributed by atoms with Crippen molar-refractivity contribution in [2.24, 2.45) is 0 Å². The molecule has 50 heavy (non-hydrogen) atoms. The summed E-state index contributed by atoms with van der Waals surface area (Å²) in [6.45, 7) is 0. The Labute approximate surface area is 290 Å². The normalized spacial score (nSPS) is 12.0. The van der Waals surface area contributed by atoms with Gasteiger partial charge in [0.25, 0.3) is 0 Å². The maximum Gasteiger partial charge on any atom is 0.144 e. The van der Waals surface area contributed by atoms with Gasteiger partial charge in [-0.3, -0.25) is 0 Å². The first-order valence-electron chi connectivity index (χ1n) is 16.8. The molecule has 0 aliphatic carbocycles. The molecule has 0 N–H and O–H groups in total. The molecule has 3 nitrogen and oxygen atoms in total. The predicted molar refractivity (Wildman–Crippen MR) is 212 cm³/mol. The van der Waals surface area contributed by atoms with Gasteiger partial charge in [0.15, 0.2) is 0 Å². The molecule has 0 unspecified atom stereocenters. The van der Waals surface area contributed by atoms with Crippen molar-refractivity contribution in [3.05, 3.63) is 164 Å². The molecule has 0 radical (unpaired) electrons. The highest BCUT2D eigenvalue weighted by atomic mass is 32.1. The lowest BCUT2D eigenvalue weighted by molar-refractivity contribution is 0.669. The first-order chi connectivity index (χ1) is 24.8. The maximum absolute atomic E-state index is 6.53. The smallest absolute Gasteiger partial charge is 0.144 e. The molecule has 234 valence electrons. The molecule has 4 heteroatoms. The lowest BCUT2D eigenvalue weighted by atomic mass is 9.98. The van der Waals surface area contributed by atoms with Gasteiger partial charge in [0.05, 0.1) is 0 Å². The van der Waals surface area contributed by atoms with Crippen molar-refractivity contribution in [1.82, 2.24) is 0 Å². The van der Waals surface area contributed by atoms with Gasteiger partial charge in [-0.1, -0.05) is 91.0 Å². The fourth-order valence-corrected chi connectivity index (χ4v) is 8.92. The van der Waals surface area contributed by atoms with Gasteiger partial charge in [-0.05, 0) is 83.1 Å². The Morgan fingerprint density at radius 3 is 1.94 bits per heavy atom. The van der Waals surface area contributed by atoms with E-state index in [4.69, 9.17) is 8.83 Å². The van der Waals surface area contributed by atoms with E-state index in [0.29, 0.717) is 0 Å². The zero-order valence-corrected chi connectivity index (χ0v) is 27.6. The highest BCUT2D eigenvalue weighted by Gasteiger charge is 2.20. The average Bonchev–Trinajstić information content (AvgIpc) is 3.85. The van der Waals surface area contributed by atoms with E-state index < -0.39 is 0 Å². The number of para-hydroxylation sites is 2. The molecule has 3 heterocycles. The number of fused-ring (bicyclic) bond motifs is 11. The molecule has 0 aliphatic heterocycles. The largest absolute Gasteiger partial charge is 0.456 e. The predicted octanol–water partition coefficient (Wildman–Crippen LogP) is 14.1. The molecule has 0 bridgehead atoms. The van der Waals surface area contributed by atoms with Gasteiger partial charge in [-0.2, -0.15) is 0 Å². The Morgan fingerprint density at radius 1 is 0.420 bits per heavy atom. The van der Waals surface area contributed by atoms with Crippen molar-refractivity contribution in [2.75, 3.05) is 4.90 Å². The number of furan rings is 2. The minimum Gasteiger partial charge on any atom is -0.456 e. The van der Waals surface area contributed by atoms with Gasteiger partial charge in [0.2, 0.25) is 0 Å². The molecular weight excluding hydrogens is 631 g/mol. The number of anilines is 3. The Morgan fingerprint density at radius 2 is 1.08 bits per heavy atom. The number of hydrogen-bond acceptors (Lipinski definition) is 4. The van der Waals surface area contributed by atoms with Crippen molar-refractivity contribution < 1.29 is 8.83 Å². The van der Waals surface area contributed by atoms with Crippen molar-refractivity contribution in [1.29, 1.82) is 0 Å². The minimum absolute atomic E-state index is 0.873. The SMILES string of the molecule is c1ccc(N(c2ccc(-c3cc4c5ccccc5oc4c4c3sc3ccccc34)cc2)c2ccc3c(c2)oc2cc4ccccc4cc23)cc1. The highest BCUT2D eigenvalue weighted by Crippen LogP contribution is 2.47. The van der Waals surface area contributed by atoms with Crippen LogP contribution in [0, 0.1) is 0 Å². The van der Waals surface area contributed by atoms with Gasteiger partial charge in [0.1, 0.15) is 22.3 Å². The van der Waals surface area contributed by atoms with Gasteiger partial charge >= 0.3 is 0 Å². The summed E-state index contributed by atoms with van der Waals surface area (Å²) in [5, 5.41) is 9.36. The van der Waals surface area contributed by atoms with Crippen LogP contribution >= 0.6 is 11.3 Å². The van der Waals surface area contributed by atoms with Crippen LogP contribution in [0.2, 0.25) is 0 Å². The molecule has 0 amide bonds. The molecule has 0 spiro atoms. The van der Waals surface area contributed by atoms with E-state index in [-0.39, 0.29) is 0 Å². The van der Waals surface area contributed by atoms with Gasteiger partial charge in [-0.25, -0.2) is 0 Å². The maximum atomic E-state index is 6.53. The zero-order chi connectivity index (χ0) is 32.8. The molecule has 11 rings (SSSR count). The second kappa shape index (κ2) is 10.6. The summed E-state index contributed by atoms with van der Waals surface area (Å²) in [6.07, 6.45) is 0. The summed E-state index contributed by atoms with van der Waals surface area (Å²) in [4.78, 5) is 2.30. The Bertz CT molecular complexity index is 3090. The van der Waals surface area contributed by atoms with E-state index in [1.54, 1.807) is 0 Å². The van der Waals surface area contributed by atoms with E-state index in [2.05, 4.69) is 163 Å². The minimum atomic E-state index is 0.873. The standard InChI is InChI=1S/C46H27NO2S/c1-2-12-31(13-3-1)47(33-22-23-35-38-24-29-10-4-5-11-30(29)25-41(38)48-42(35)26-33)32-20-18-28(19-21-32)37-27-39-34-14-6-8-16-40(34)49-45(39)44-36-15-7-9-17-43(36)50-46(37)44/h1-27H. The highest BCUT2D eigenvalue weighted by molar-refractivity contribution is 7.26. The van der Waals surface area contributed by atoms with Crippen LogP contribution in [0.4, 0.5) is 17.1 Å². The van der Waals surface area contributed by atoms with E-state index in [9.17, 15) is 0 Å². The molecule has 0 aliphatic rings. The number of rotatable bonds is 4. The second-order valence-electron chi connectivity index (χ2n) is 12.9. The Balaban J connectivity index is 1.08.